The zero-order valence-electron chi connectivity index (χ0n) is 13.8. The summed E-state index contributed by atoms with van der Waals surface area (Å²) < 4.78 is 42.5. The van der Waals surface area contributed by atoms with Crippen molar-refractivity contribution in [1.29, 1.82) is 0 Å². The molecule has 0 bridgehead atoms. The van der Waals surface area contributed by atoms with Crippen LogP contribution in [0.3, 0.4) is 0 Å². The van der Waals surface area contributed by atoms with Crippen molar-refractivity contribution in [2.24, 2.45) is 0 Å². The molecule has 3 aromatic rings. The molecular weight excluding hydrogens is 399 g/mol. The Bertz CT molecular complexity index is 995. The smallest absolute Gasteiger partial charge is 0.300 e. The van der Waals surface area contributed by atoms with Crippen LogP contribution in [-0.4, -0.2) is 21.0 Å². The molecule has 1 N–H and O–H groups in total. The van der Waals surface area contributed by atoms with Gasteiger partial charge in [0.05, 0.1) is 17.5 Å². The highest BCUT2D eigenvalue weighted by atomic mass is 32.1. The van der Waals surface area contributed by atoms with Gasteiger partial charge in [-0.25, -0.2) is 4.98 Å². The first-order chi connectivity index (χ1) is 12.7. The first-order valence-corrected chi connectivity index (χ1v) is 9.27. The topological polar surface area (TPSA) is 72.0 Å². The Labute approximate surface area is 160 Å². The molecule has 0 saturated heterocycles. The van der Waals surface area contributed by atoms with Crippen LogP contribution in [0.15, 0.2) is 35.7 Å². The largest absolute Gasteiger partial charge is 0.416 e. The van der Waals surface area contributed by atoms with E-state index in [-0.39, 0.29) is 17.3 Å². The Morgan fingerprint density at radius 2 is 2.00 bits per heavy atom. The van der Waals surface area contributed by atoms with Crippen LogP contribution >= 0.6 is 22.9 Å². The molecular formula is C17H12F3N3O2S2. The van der Waals surface area contributed by atoms with Gasteiger partial charge >= 0.3 is 6.18 Å². The standard InChI is InChI=1S/C17H12F3N3O2S2/c1-9(24)5-14-21-16(27-23-14)22-15(25)11-7-13(26-8-11)10-3-2-4-12(6-10)17(18,19)20/h2-4,6-8H,5H2,1H3,(H,21,22,23,25). The maximum Gasteiger partial charge on any atom is 0.416 e. The highest BCUT2D eigenvalue weighted by Gasteiger charge is 2.30. The van der Waals surface area contributed by atoms with E-state index in [2.05, 4.69) is 14.7 Å². The summed E-state index contributed by atoms with van der Waals surface area (Å²) in [6.07, 6.45) is -4.34. The molecule has 0 fully saturated rings. The van der Waals surface area contributed by atoms with Gasteiger partial charge in [-0.05, 0) is 30.7 Å². The second kappa shape index (κ2) is 7.57. The van der Waals surface area contributed by atoms with Gasteiger partial charge in [-0.1, -0.05) is 12.1 Å². The van der Waals surface area contributed by atoms with Crippen LogP contribution in [0, 0.1) is 0 Å². The normalized spacial score (nSPS) is 11.4. The molecule has 2 heterocycles. The number of anilines is 1. The minimum atomic E-state index is -4.43. The molecule has 0 atom stereocenters. The summed E-state index contributed by atoms with van der Waals surface area (Å²) in [5.74, 6) is -0.206. The number of benzene rings is 1. The van der Waals surface area contributed by atoms with Crippen molar-refractivity contribution in [3.63, 3.8) is 0 Å². The Hall–Kier alpha value is -2.59. The van der Waals surface area contributed by atoms with E-state index in [4.69, 9.17) is 0 Å². The lowest BCUT2D eigenvalue weighted by Gasteiger charge is -2.07. The summed E-state index contributed by atoms with van der Waals surface area (Å²) >= 11 is 2.12. The lowest BCUT2D eigenvalue weighted by molar-refractivity contribution is -0.137. The fraction of sp³-hybridized carbons (Fsp3) is 0.176. The SMILES string of the molecule is CC(=O)Cc1nsc(NC(=O)c2csc(-c3cccc(C(F)(F)F)c3)c2)n1. The second-order valence-corrected chi connectivity index (χ2v) is 7.29. The number of rotatable bonds is 5. The van der Waals surface area contributed by atoms with E-state index in [1.165, 1.54) is 30.4 Å². The number of nitrogens with one attached hydrogen (secondary N) is 1. The highest BCUT2D eigenvalue weighted by Crippen LogP contribution is 2.34. The van der Waals surface area contributed by atoms with Gasteiger partial charge in [-0.2, -0.15) is 17.5 Å². The number of carbonyl (C=O) groups excluding carboxylic acids is 2. The highest BCUT2D eigenvalue weighted by molar-refractivity contribution is 7.14. The molecule has 1 aromatic carbocycles. The number of aromatic nitrogens is 2. The lowest BCUT2D eigenvalue weighted by atomic mass is 10.1. The molecule has 0 unspecified atom stereocenters. The zero-order chi connectivity index (χ0) is 19.6. The van der Waals surface area contributed by atoms with Crippen molar-refractivity contribution in [2.45, 2.75) is 19.5 Å². The van der Waals surface area contributed by atoms with Crippen LogP contribution in [0.5, 0.6) is 0 Å². The van der Waals surface area contributed by atoms with Gasteiger partial charge in [0.2, 0.25) is 5.13 Å². The van der Waals surface area contributed by atoms with Crippen molar-refractivity contribution in [3.8, 4) is 10.4 Å². The maximum atomic E-state index is 12.8. The molecule has 0 aliphatic carbocycles. The van der Waals surface area contributed by atoms with Crippen molar-refractivity contribution in [3.05, 3.63) is 52.7 Å². The van der Waals surface area contributed by atoms with Gasteiger partial charge in [-0.15, -0.1) is 11.3 Å². The van der Waals surface area contributed by atoms with E-state index in [1.54, 1.807) is 11.4 Å². The van der Waals surface area contributed by atoms with Crippen LogP contribution in [0.25, 0.3) is 10.4 Å². The summed E-state index contributed by atoms with van der Waals surface area (Å²) in [4.78, 5) is 28.0. The van der Waals surface area contributed by atoms with Crippen molar-refractivity contribution >= 4 is 39.7 Å². The van der Waals surface area contributed by atoms with Crippen LogP contribution in [0.2, 0.25) is 0 Å². The summed E-state index contributed by atoms with van der Waals surface area (Å²) in [5.41, 5.74) is -0.0597. The molecule has 0 aliphatic heterocycles. The molecule has 140 valence electrons. The number of hydrogen-bond donors (Lipinski definition) is 1. The number of carbonyl (C=O) groups is 2. The third kappa shape index (κ3) is 4.77. The van der Waals surface area contributed by atoms with Gasteiger partial charge in [0, 0.05) is 21.8 Å². The average molecular weight is 411 g/mol. The number of hydrogen-bond acceptors (Lipinski definition) is 6. The number of nitrogens with zero attached hydrogens (tertiary/aromatic N) is 2. The van der Waals surface area contributed by atoms with Crippen molar-refractivity contribution < 1.29 is 22.8 Å². The van der Waals surface area contributed by atoms with Gasteiger partial charge in [0.1, 0.15) is 5.78 Å². The molecule has 5 nitrogen and oxygen atoms in total. The fourth-order valence-corrected chi connectivity index (χ4v) is 3.69. The maximum absolute atomic E-state index is 12.8. The first-order valence-electron chi connectivity index (χ1n) is 7.62. The quantitative estimate of drug-likeness (QED) is 0.662. The second-order valence-electron chi connectivity index (χ2n) is 5.63. The third-order valence-corrected chi connectivity index (χ3v) is 5.08. The summed E-state index contributed by atoms with van der Waals surface area (Å²) in [6, 6.07) is 6.45. The first kappa shape index (κ1) is 19.2. The minimum absolute atomic E-state index is 0.0878. The number of halogens is 3. The molecule has 10 heteroatoms. The van der Waals surface area contributed by atoms with E-state index in [0.717, 1.165) is 23.7 Å². The molecule has 0 spiro atoms. The monoisotopic (exact) mass is 411 g/mol. The minimum Gasteiger partial charge on any atom is -0.300 e. The van der Waals surface area contributed by atoms with E-state index in [1.807, 2.05) is 0 Å². The third-order valence-electron chi connectivity index (χ3n) is 3.43. The molecule has 0 radical (unpaired) electrons. The fourth-order valence-electron chi connectivity index (χ4n) is 2.22. The van der Waals surface area contributed by atoms with Crippen LogP contribution in [-0.2, 0) is 17.4 Å². The Morgan fingerprint density at radius 3 is 2.70 bits per heavy atom. The summed E-state index contributed by atoms with van der Waals surface area (Å²) in [7, 11) is 0. The van der Waals surface area contributed by atoms with E-state index >= 15 is 0 Å². The number of Topliss-reactive ketones (excluding diaryl/α,β-unsaturated/α-hetero) is 1. The van der Waals surface area contributed by atoms with Crippen LogP contribution in [0.1, 0.15) is 28.7 Å². The number of alkyl halides is 3. The number of ketones is 1. The van der Waals surface area contributed by atoms with Crippen molar-refractivity contribution in [1.82, 2.24) is 9.36 Å². The van der Waals surface area contributed by atoms with Crippen LogP contribution < -0.4 is 5.32 Å². The summed E-state index contributed by atoms with van der Waals surface area (Å²) in [6.45, 7) is 1.42. The molecule has 3 rings (SSSR count). The van der Waals surface area contributed by atoms with Gasteiger partial charge in [-0.3, -0.25) is 14.9 Å². The van der Waals surface area contributed by atoms with Gasteiger partial charge in [0.15, 0.2) is 5.82 Å². The summed E-state index contributed by atoms with van der Waals surface area (Å²) in [5, 5.41) is 4.38. The Morgan fingerprint density at radius 1 is 1.22 bits per heavy atom. The number of amides is 1. The Balaban J connectivity index is 1.74. The van der Waals surface area contributed by atoms with Gasteiger partial charge < -0.3 is 0 Å². The van der Waals surface area contributed by atoms with Gasteiger partial charge in [0.25, 0.3) is 5.91 Å². The zero-order valence-corrected chi connectivity index (χ0v) is 15.5. The van der Waals surface area contributed by atoms with E-state index < -0.39 is 17.6 Å². The predicted molar refractivity (Wildman–Crippen MR) is 97.0 cm³/mol. The molecule has 2 aromatic heterocycles. The van der Waals surface area contributed by atoms with Crippen LogP contribution in [0.4, 0.5) is 18.3 Å². The lowest BCUT2D eigenvalue weighted by Crippen LogP contribution is -2.10. The molecule has 1 amide bonds. The van der Waals surface area contributed by atoms with E-state index in [9.17, 15) is 22.8 Å². The predicted octanol–water partition coefficient (Wildman–Crippen LogP) is 4.67. The average Bonchev–Trinajstić information content (AvgIpc) is 3.23. The van der Waals surface area contributed by atoms with Crippen molar-refractivity contribution in [2.75, 3.05) is 5.32 Å². The Kier molecular flexibility index (Phi) is 5.38. The van der Waals surface area contributed by atoms with E-state index in [0.29, 0.717) is 21.8 Å². The molecule has 0 saturated carbocycles. The molecule has 27 heavy (non-hydrogen) atoms. The molecule has 0 aliphatic rings. The number of thiophene rings is 1.